The molecular weight excluding hydrogens is 956 g/mol. The van der Waals surface area contributed by atoms with Gasteiger partial charge in [0.2, 0.25) is 0 Å². The highest BCUT2D eigenvalue weighted by molar-refractivity contribution is 7.94. The maximum atomic E-state index is 13.5. The lowest BCUT2D eigenvalue weighted by atomic mass is 10.2. The van der Waals surface area contributed by atoms with Crippen molar-refractivity contribution in [3.05, 3.63) is 149 Å². The first-order valence-electron chi connectivity index (χ1n) is 16.5. The predicted octanol–water partition coefficient (Wildman–Crippen LogP) is 16.6. The molecule has 1 aliphatic heterocycles. The van der Waals surface area contributed by atoms with Gasteiger partial charge < -0.3 is 22.6 Å². The second kappa shape index (κ2) is 16.6. The number of nitrogens with zero attached hydrogens (tertiary/aromatic N) is 3. The molecule has 0 spiro atoms. The number of hydrogen-bond acceptors (Lipinski definition) is 8. The molecule has 0 bridgehead atoms. The second-order valence-corrected chi connectivity index (χ2v) is 19.6. The van der Waals surface area contributed by atoms with Crippen molar-refractivity contribution in [2.45, 2.75) is 30.9 Å². The fourth-order valence-corrected chi connectivity index (χ4v) is 15.0. The van der Waals surface area contributed by atoms with E-state index >= 15 is 0 Å². The normalized spacial score (nSPS) is 17.7. The van der Waals surface area contributed by atoms with E-state index in [0.29, 0.717) is 60.7 Å². The molecule has 1 unspecified atom stereocenters. The number of benzene rings is 5. The monoisotopic (exact) mass is 975 g/mol. The van der Waals surface area contributed by atoms with E-state index < -0.39 is 110 Å². The summed E-state index contributed by atoms with van der Waals surface area (Å²) in [6.45, 7) is -4.85. The van der Waals surface area contributed by atoms with Crippen LogP contribution in [0.5, 0.6) is 28.7 Å². The molecule has 62 heavy (non-hydrogen) atoms. The molecule has 1 atom stereocenters. The van der Waals surface area contributed by atoms with Gasteiger partial charge in [0.25, 0.3) is 0 Å². The van der Waals surface area contributed by atoms with Gasteiger partial charge in [0.05, 0.1) is 27.8 Å². The molecular formula is C35H20ClF15N3O5P3. The summed E-state index contributed by atoms with van der Waals surface area (Å²) < 4.78 is 245. The summed E-state index contributed by atoms with van der Waals surface area (Å²) in [6.07, 6.45) is -24.4. The van der Waals surface area contributed by atoms with Crippen LogP contribution in [0.1, 0.15) is 27.8 Å². The van der Waals surface area contributed by atoms with Crippen LogP contribution in [0.25, 0.3) is 0 Å². The van der Waals surface area contributed by atoms with Crippen LogP contribution < -0.4 is 22.6 Å². The van der Waals surface area contributed by atoms with Crippen LogP contribution in [-0.2, 0) is 30.9 Å². The zero-order chi connectivity index (χ0) is 45.6. The minimum Gasteiger partial charge on any atom is -0.431 e. The lowest BCUT2D eigenvalue weighted by molar-refractivity contribution is -0.138. The topological polar surface area (TPSA) is 83.2 Å². The van der Waals surface area contributed by atoms with Gasteiger partial charge in [-0.3, -0.25) is 0 Å². The predicted molar refractivity (Wildman–Crippen MR) is 194 cm³/mol. The minimum atomic E-state index is -5.06. The van der Waals surface area contributed by atoms with Crippen molar-refractivity contribution >= 4 is 33.3 Å². The molecule has 0 aromatic heterocycles. The first-order valence-corrected chi connectivity index (χ1v) is 22.1. The van der Waals surface area contributed by atoms with E-state index in [1.165, 1.54) is 0 Å². The largest absolute Gasteiger partial charge is 0.459 e. The molecule has 0 saturated carbocycles. The zero-order valence-corrected chi connectivity index (χ0v) is 33.3. The Labute approximate surface area is 343 Å². The molecule has 0 aliphatic carbocycles. The zero-order valence-electron chi connectivity index (χ0n) is 29.8. The Morgan fingerprint density at radius 1 is 0.290 bits per heavy atom. The highest BCUT2D eigenvalue weighted by Gasteiger charge is 2.47. The Morgan fingerprint density at radius 3 is 0.694 bits per heavy atom. The van der Waals surface area contributed by atoms with E-state index in [9.17, 15) is 65.9 Å². The summed E-state index contributed by atoms with van der Waals surface area (Å²) in [5, 5.41) is 0. The highest BCUT2D eigenvalue weighted by Crippen LogP contribution is 2.80. The number of rotatable bonds is 10. The second-order valence-electron chi connectivity index (χ2n) is 12.3. The fraction of sp³-hybridized carbons (Fsp3) is 0.143. The van der Waals surface area contributed by atoms with Crippen LogP contribution in [0.2, 0.25) is 0 Å². The van der Waals surface area contributed by atoms with Crippen molar-refractivity contribution in [2.24, 2.45) is 13.5 Å². The molecule has 8 nitrogen and oxygen atoms in total. The maximum absolute atomic E-state index is 13.5. The van der Waals surface area contributed by atoms with Gasteiger partial charge in [0.15, 0.2) is 0 Å². The molecule has 1 heterocycles. The van der Waals surface area contributed by atoms with E-state index in [0.717, 1.165) is 60.7 Å². The molecule has 0 fully saturated rings. The summed E-state index contributed by atoms with van der Waals surface area (Å²) >= 11 is 6.93. The van der Waals surface area contributed by atoms with Gasteiger partial charge in [-0.05, 0) is 133 Å². The summed E-state index contributed by atoms with van der Waals surface area (Å²) in [7, 11) is -10.1. The average molecular weight is 976 g/mol. The van der Waals surface area contributed by atoms with Crippen molar-refractivity contribution in [1.29, 1.82) is 0 Å². The first-order chi connectivity index (χ1) is 28.5. The highest BCUT2D eigenvalue weighted by atomic mass is 35.7. The molecule has 5 aromatic rings. The first kappa shape index (κ1) is 46.5. The summed E-state index contributed by atoms with van der Waals surface area (Å²) in [4.78, 5) is 0. The Kier molecular flexibility index (Phi) is 12.5. The Bertz CT molecular complexity index is 2310. The summed E-state index contributed by atoms with van der Waals surface area (Å²) in [6, 6.07) is 12.4. The standard InChI is InChI=1S/C35H20ClF15N3O5P3/c36-60(55-26-11-1-21(2-12-26)31(37,38)39)52-61(56-27-13-3-22(4-14-27)32(40,41)42,57-28-15-5-23(6-16-28)33(43,44)45)54-62(53-60,58-29-17-7-24(8-18-29)34(46,47)48)59-30-19-9-25(10-20-30)35(49,50)51/h1-20H. The van der Waals surface area contributed by atoms with Crippen LogP contribution in [0.4, 0.5) is 65.9 Å². The van der Waals surface area contributed by atoms with E-state index in [-0.39, 0.29) is 0 Å². The molecule has 5 aromatic carbocycles. The van der Waals surface area contributed by atoms with E-state index in [2.05, 4.69) is 13.5 Å². The van der Waals surface area contributed by atoms with Crippen LogP contribution in [0.3, 0.4) is 0 Å². The van der Waals surface area contributed by atoms with Crippen molar-refractivity contribution in [3.8, 4) is 28.7 Å². The molecule has 0 saturated heterocycles. The number of hydrogen-bond donors (Lipinski definition) is 0. The lowest BCUT2D eigenvalue weighted by Gasteiger charge is -2.31. The third kappa shape index (κ3) is 11.5. The molecule has 0 radical (unpaired) electrons. The van der Waals surface area contributed by atoms with E-state index in [4.69, 9.17) is 33.9 Å². The van der Waals surface area contributed by atoms with Gasteiger partial charge in [0.1, 0.15) is 28.7 Å². The van der Waals surface area contributed by atoms with Crippen LogP contribution in [0, 0.1) is 0 Å². The van der Waals surface area contributed by atoms with Crippen molar-refractivity contribution in [1.82, 2.24) is 0 Å². The van der Waals surface area contributed by atoms with Gasteiger partial charge in [-0.2, -0.15) is 65.9 Å². The van der Waals surface area contributed by atoms with Crippen molar-refractivity contribution < 1.29 is 88.5 Å². The van der Waals surface area contributed by atoms with E-state index in [1.54, 1.807) is 0 Å². The van der Waals surface area contributed by atoms with E-state index in [1.807, 2.05) is 0 Å². The third-order valence-corrected chi connectivity index (χ3v) is 16.7. The van der Waals surface area contributed by atoms with Crippen LogP contribution >= 0.6 is 33.3 Å². The third-order valence-electron chi connectivity index (χ3n) is 7.70. The number of halogens is 16. The van der Waals surface area contributed by atoms with Crippen molar-refractivity contribution in [2.75, 3.05) is 0 Å². The Morgan fingerprint density at radius 2 is 0.484 bits per heavy atom. The van der Waals surface area contributed by atoms with Crippen LogP contribution in [0.15, 0.2) is 135 Å². The molecule has 0 N–H and O–H groups in total. The Balaban J connectivity index is 1.64. The quantitative estimate of drug-likeness (QED) is 0.103. The summed E-state index contributed by atoms with van der Waals surface area (Å²) in [5.41, 5.74) is -6.03. The molecule has 1 aliphatic rings. The fourth-order valence-electron chi connectivity index (χ4n) is 4.90. The SMILES string of the molecule is FC(F)(F)c1ccc(OP2(Cl)=NP(Oc3ccc(C(F)(F)F)cc3)(Oc3ccc(C(F)(F)F)cc3)=NP(Oc3ccc(C(F)(F)F)cc3)(Oc3ccc(C(F)(F)F)cc3)=N2)cc1. The summed E-state index contributed by atoms with van der Waals surface area (Å²) in [5.74, 6) is -2.83. The van der Waals surface area contributed by atoms with Gasteiger partial charge in [-0.1, -0.05) is 4.52 Å². The van der Waals surface area contributed by atoms with Crippen LogP contribution in [-0.4, -0.2) is 0 Å². The molecule has 332 valence electrons. The maximum Gasteiger partial charge on any atom is 0.459 e. The van der Waals surface area contributed by atoms with Gasteiger partial charge in [-0.15, -0.1) is 9.03 Å². The van der Waals surface area contributed by atoms with Gasteiger partial charge in [-0.25, -0.2) is 0 Å². The molecule has 27 heteroatoms. The average Bonchev–Trinajstić information content (AvgIpc) is 3.13. The van der Waals surface area contributed by atoms with Gasteiger partial charge in [0, 0.05) is 0 Å². The van der Waals surface area contributed by atoms with Crippen molar-refractivity contribution in [3.63, 3.8) is 0 Å². The Hall–Kier alpha value is -4.97. The lowest BCUT2D eigenvalue weighted by Crippen LogP contribution is -2.09. The number of alkyl halides is 15. The smallest absolute Gasteiger partial charge is 0.431 e. The minimum absolute atomic E-state index is 0.514. The molecule has 0 amide bonds. The molecule has 6 rings (SSSR count). The van der Waals surface area contributed by atoms with Gasteiger partial charge >= 0.3 is 53.0 Å².